The van der Waals surface area contributed by atoms with Crippen molar-refractivity contribution in [2.24, 2.45) is 0 Å². The maximum absolute atomic E-state index is 12.7. The zero-order valence-electron chi connectivity index (χ0n) is 19.6. The minimum atomic E-state index is -3.73. The fourth-order valence-corrected chi connectivity index (χ4v) is 5.37. The molecule has 184 valence electrons. The van der Waals surface area contributed by atoms with E-state index in [4.69, 9.17) is 9.47 Å². The molecule has 0 bridgehead atoms. The lowest BCUT2D eigenvalue weighted by atomic mass is 10.2. The van der Waals surface area contributed by atoms with Crippen molar-refractivity contribution in [3.05, 3.63) is 53.7 Å². The number of rotatable bonds is 8. The van der Waals surface area contributed by atoms with E-state index in [0.29, 0.717) is 6.61 Å². The van der Waals surface area contributed by atoms with E-state index >= 15 is 0 Å². The number of nitrogens with one attached hydrogen (secondary N) is 2. The third-order valence-corrected chi connectivity index (χ3v) is 7.36. The van der Waals surface area contributed by atoms with Crippen LogP contribution < -0.4 is 14.9 Å². The zero-order chi connectivity index (χ0) is 24.1. The number of morpholine rings is 1. The summed E-state index contributed by atoms with van der Waals surface area (Å²) in [6, 6.07) is 9.90. The molecule has 1 amide bonds. The largest absolute Gasteiger partial charge is 0.377 e. The summed E-state index contributed by atoms with van der Waals surface area (Å²) >= 11 is 0. The molecule has 9 nitrogen and oxygen atoms in total. The quantitative estimate of drug-likeness (QED) is 0.585. The Morgan fingerprint density at radius 2 is 1.97 bits per heavy atom. The number of amides is 1. The van der Waals surface area contributed by atoms with Crippen LogP contribution >= 0.6 is 0 Å². The minimum absolute atomic E-state index is 0.0538. The number of carbonyl (C=O) groups excluding carboxylic acids is 1. The maximum atomic E-state index is 12.7. The van der Waals surface area contributed by atoms with Crippen molar-refractivity contribution in [1.29, 1.82) is 0 Å². The van der Waals surface area contributed by atoms with Gasteiger partial charge in [0.25, 0.3) is 5.91 Å². The van der Waals surface area contributed by atoms with Crippen molar-refractivity contribution >= 4 is 21.7 Å². The fraction of sp³-hybridized carbons (Fsp3) is 0.500. The first-order valence-corrected chi connectivity index (χ1v) is 13.1. The highest BCUT2D eigenvalue weighted by molar-refractivity contribution is 7.89. The number of anilines is 1. The van der Waals surface area contributed by atoms with E-state index in [-0.39, 0.29) is 47.8 Å². The molecule has 4 rings (SSSR count). The summed E-state index contributed by atoms with van der Waals surface area (Å²) in [6.07, 6.45) is 3.72. The van der Waals surface area contributed by atoms with Crippen molar-refractivity contribution in [2.45, 2.75) is 56.4 Å². The van der Waals surface area contributed by atoms with Gasteiger partial charge in [-0.3, -0.25) is 4.79 Å². The summed E-state index contributed by atoms with van der Waals surface area (Å²) in [5, 5.41) is 2.84. The van der Waals surface area contributed by atoms with E-state index in [0.717, 1.165) is 37.3 Å². The minimum Gasteiger partial charge on any atom is -0.377 e. The number of sulfonamides is 1. The molecule has 3 heterocycles. The molecular formula is C24H32N4O5S. The predicted octanol–water partition coefficient (Wildman–Crippen LogP) is 2.08. The first-order valence-electron chi connectivity index (χ1n) is 11.6. The van der Waals surface area contributed by atoms with Crippen LogP contribution in [-0.2, 0) is 26.0 Å². The molecule has 3 atom stereocenters. The average Bonchev–Trinajstić information content (AvgIpc) is 3.35. The molecule has 2 aromatic rings. The Morgan fingerprint density at radius 1 is 1.18 bits per heavy atom. The van der Waals surface area contributed by atoms with Gasteiger partial charge in [0.05, 0.1) is 23.2 Å². The number of nitrogens with zero attached hydrogens (tertiary/aromatic N) is 2. The van der Waals surface area contributed by atoms with Gasteiger partial charge < -0.3 is 19.7 Å². The lowest BCUT2D eigenvalue weighted by molar-refractivity contribution is -0.00546. The Balaban J connectivity index is 1.33. The van der Waals surface area contributed by atoms with Gasteiger partial charge in [-0.2, -0.15) is 0 Å². The highest BCUT2D eigenvalue weighted by Gasteiger charge is 2.23. The van der Waals surface area contributed by atoms with Gasteiger partial charge in [0.2, 0.25) is 10.0 Å². The Kier molecular flexibility index (Phi) is 7.82. The van der Waals surface area contributed by atoms with E-state index in [1.54, 1.807) is 18.3 Å². The third-order valence-electron chi connectivity index (χ3n) is 5.94. The second kappa shape index (κ2) is 10.8. The van der Waals surface area contributed by atoms with Gasteiger partial charge in [-0.25, -0.2) is 18.1 Å². The Bertz CT molecular complexity index is 1080. The van der Waals surface area contributed by atoms with Crippen LogP contribution in [0.4, 0.5) is 5.82 Å². The standard InChI is InChI=1S/C24H32N4O5S/c1-17-15-28(16-18(2)33-17)23-9-8-19(12-25-23)13-26-24(29)20-5-3-7-22(11-20)34(30,31)27-14-21-6-4-10-32-21/h3,5,7-9,11-12,17-18,21,27H,4,6,10,13-16H2,1-2H3,(H,26,29). The molecule has 0 aliphatic carbocycles. The van der Waals surface area contributed by atoms with Gasteiger partial charge in [-0.05, 0) is 56.5 Å². The molecule has 1 aromatic heterocycles. The molecule has 2 fully saturated rings. The lowest BCUT2D eigenvalue weighted by Gasteiger charge is -2.36. The number of aromatic nitrogens is 1. The average molecular weight is 489 g/mol. The normalized spacial score (nSPS) is 23.1. The molecule has 0 saturated carbocycles. The summed E-state index contributed by atoms with van der Waals surface area (Å²) in [5.74, 6) is 0.529. The van der Waals surface area contributed by atoms with Crippen LogP contribution in [0.5, 0.6) is 0 Å². The number of benzene rings is 1. The lowest BCUT2D eigenvalue weighted by Crippen LogP contribution is -2.45. The SMILES string of the molecule is CC1CN(c2ccc(CNC(=O)c3cccc(S(=O)(=O)NCC4CCCO4)c3)cn2)CC(C)O1. The molecule has 0 radical (unpaired) electrons. The van der Waals surface area contributed by atoms with Crippen molar-refractivity contribution < 1.29 is 22.7 Å². The van der Waals surface area contributed by atoms with E-state index < -0.39 is 10.0 Å². The van der Waals surface area contributed by atoms with Crippen molar-refractivity contribution in [1.82, 2.24) is 15.0 Å². The molecule has 34 heavy (non-hydrogen) atoms. The van der Waals surface area contributed by atoms with Crippen LogP contribution in [0.25, 0.3) is 0 Å². The molecule has 2 aliphatic heterocycles. The summed E-state index contributed by atoms with van der Waals surface area (Å²) in [5.41, 5.74) is 1.13. The first kappa shape index (κ1) is 24.6. The van der Waals surface area contributed by atoms with Gasteiger partial charge in [0.15, 0.2) is 0 Å². The van der Waals surface area contributed by atoms with Crippen LogP contribution in [-0.4, -0.2) is 63.9 Å². The fourth-order valence-electron chi connectivity index (χ4n) is 4.25. The molecule has 2 aliphatic rings. The maximum Gasteiger partial charge on any atom is 0.251 e. The Labute approximate surface area is 200 Å². The Hall–Kier alpha value is -2.53. The summed E-state index contributed by atoms with van der Waals surface area (Å²) in [6.45, 7) is 6.84. The van der Waals surface area contributed by atoms with Crippen LogP contribution in [0.1, 0.15) is 42.6 Å². The molecule has 3 unspecified atom stereocenters. The molecule has 2 N–H and O–H groups in total. The molecule has 2 saturated heterocycles. The van der Waals surface area contributed by atoms with Crippen LogP contribution in [0.2, 0.25) is 0 Å². The van der Waals surface area contributed by atoms with Crippen LogP contribution in [0.3, 0.4) is 0 Å². The summed E-state index contributed by atoms with van der Waals surface area (Å²) < 4.78 is 39.1. The second-order valence-corrected chi connectivity index (χ2v) is 10.7. The van der Waals surface area contributed by atoms with Crippen molar-refractivity contribution in [2.75, 3.05) is 31.1 Å². The van der Waals surface area contributed by atoms with Crippen molar-refractivity contribution in [3.8, 4) is 0 Å². The number of pyridine rings is 1. The molecule has 10 heteroatoms. The molecule has 1 aromatic carbocycles. The Morgan fingerprint density at radius 3 is 2.65 bits per heavy atom. The predicted molar refractivity (Wildman–Crippen MR) is 128 cm³/mol. The number of hydrogen-bond donors (Lipinski definition) is 2. The summed E-state index contributed by atoms with van der Waals surface area (Å²) in [7, 11) is -3.73. The van der Waals surface area contributed by atoms with Crippen LogP contribution in [0, 0.1) is 0 Å². The molecular weight excluding hydrogens is 456 g/mol. The molecule has 0 spiro atoms. The van der Waals surface area contributed by atoms with Gasteiger partial charge >= 0.3 is 0 Å². The highest BCUT2D eigenvalue weighted by atomic mass is 32.2. The van der Waals surface area contributed by atoms with Crippen LogP contribution in [0.15, 0.2) is 47.5 Å². The zero-order valence-corrected chi connectivity index (χ0v) is 20.4. The van der Waals surface area contributed by atoms with Gasteiger partial charge in [0.1, 0.15) is 5.82 Å². The second-order valence-electron chi connectivity index (χ2n) is 8.88. The van der Waals surface area contributed by atoms with Gasteiger partial charge in [-0.15, -0.1) is 0 Å². The topological polar surface area (TPSA) is 110 Å². The van der Waals surface area contributed by atoms with Gasteiger partial charge in [-0.1, -0.05) is 12.1 Å². The number of hydrogen-bond acceptors (Lipinski definition) is 7. The van der Waals surface area contributed by atoms with Gasteiger partial charge in [0, 0.05) is 44.5 Å². The highest BCUT2D eigenvalue weighted by Crippen LogP contribution is 2.19. The van der Waals surface area contributed by atoms with Crippen molar-refractivity contribution in [3.63, 3.8) is 0 Å². The third kappa shape index (κ3) is 6.32. The van der Waals surface area contributed by atoms with E-state index in [2.05, 4.69) is 19.9 Å². The summed E-state index contributed by atoms with van der Waals surface area (Å²) in [4.78, 5) is 19.5. The smallest absolute Gasteiger partial charge is 0.251 e. The number of ether oxygens (including phenoxy) is 2. The van der Waals surface area contributed by atoms with E-state index in [1.807, 2.05) is 26.0 Å². The van der Waals surface area contributed by atoms with E-state index in [1.165, 1.54) is 12.1 Å². The van der Waals surface area contributed by atoms with E-state index in [9.17, 15) is 13.2 Å². The monoisotopic (exact) mass is 488 g/mol. The number of carbonyl (C=O) groups is 1. The first-order chi connectivity index (χ1) is 16.3.